The van der Waals surface area contributed by atoms with E-state index in [2.05, 4.69) is 16.8 Å². The van der Waals surface area contributed by atoms with Crippen LogP contribution in [-0.2, 0) is 6.54 Å². The highest BCUT2D eigenvalue weighted by Gasteiger charge is 2.19. The Kier molecular flexibility index (Phi) is 4.05. The van der Waals surface area contributed by atoms with Gasteiger partial charge in [0, 0.05) is 6.54 Å². The van der Waals surface area contributed by atoms with Crippen LogP contribution in [0.3, 0.4) is 0 Å². The van der Waals surface area contributed by atoms with Gasteiger partial charge in [-0.3, -0.25) is 9.36 Å². The Morgan fingerprint density at radius 2 is 2.20 bits per heavy atom. The summed E-state index contributed by atoms with van der Waals surface area (Å²) in [5.74, 6) is 0.558. The molecule has 0 aliphatic carbocycles. The van der Waals surface area contributed by atoms with E-state index in [4.69, 9.17) is 12.2 Å². The molecule has 2 aromatic heterocycles. The molecular weight excluding hydrogens is 290 g/mol. The van der Waals surface area contributed by atoms with E-state index in [1.807, 2.05) is 11.4 Å². The molecule has 0 bridgehead atoms. The quantitative estimate of drug-likeness (QED) is 0.886. The number of thiophene rings is 1. The van der Waals surface area contributed by atoms with E-state index in [0.29, 0.717) is 10.7 Å². The molecule has 0 amide bonds. The summed E-state index contributed by atoms with van der Waals surface area (Å²) in [5.41, 5.74) is 0.929. The fourth-order valence-electron chi connectivity index (χ4n) is 2.88. The van der Waals surface area contributed by atoms with Gasteiger partial charge in [-0.05, 0) is 62.1 Å². The van der Waals surface area contributed by atoms with Crippen LogP contribution in [0.5, 0.6) is 0 Å². The maximum absolute atomic E-state index is 12.5. The van der Waals surface area contributed by atoms with Crippen molar-refractivity contribution in [1.82, 2.24) is 14.5 Å². The molecule has 108 valence electrons. The van der Waals surface area contributed by atoms with E-state index in [1.165, 1.54) is 11.3 Å². The third kappa shape index (κ3) is 2.60. The van der Waals surface area contributed by atoms with Crippen molar-refractivity contribution >= 4 is 33.8 Å². The normalized spacial score (nSPS) is 17.9. The second-order valence-corrected chi connectivity index (χ2v) is 6.69. The van der Waals surface area contributed by atoms with Crippen LogP contribution in [0.25, 0.3) is 10.2 Å². The number of fused-ring (bicyclic) bond motifs is 1. The van der Waals surface area contributed by atoms with Gasteiger partial charge in [0.15, 0.2) is 4.77 Å². The summed E-state index contributed by atoms with van der Waals surface area (Å²) in [5, 5.41) is 1.93. The Bertz CT molecular complexity index is 707. The topological polar surface area (TPSA) is 41.0 Å². The minimum atomic E-state index is 0.0664. The molecule has 6 heteroatoms. The van der Waals surface area contributed by atoms with Crippen molar-refractivity contribution in [2.45, 2.75) is 26.3 Å². The Hall–Kier alpha value is -0.980. The van der Waals surface area contributed by atoms with E-state index >= 15 is 0 Å². The van der Waals surface area contributed by atoms with Crippen molar-refractivity contribution in [3.05, 3.63) is 26.6 Å². The van der Waals surface area contributed by atoms with Crippen molar-refractivity contribution in [3.8, 4) is 0 Å². The number of piperidine rings is 1. The lowest BCUT2D eigenvalue weighted by Crippen LogP contribution is -2.36. The molecule has 20 heavy (non-hydrogen) atoms. The molecule has 0 aromatic carbocycles. The lowest BCUT2D eigenvalue weighted by molar-refractivity contribution is 0.180. The van der Waals surface area contributed by atoms with E-state index in [1.54, 1.807) is 4.57 Å². The molecular formula is C14H19N3OS2. The van der Waals surface area contributed by atoms with Gasteiger partial charge in [-0.2, -0.15) is 0 Å². The number of hydrogen-bond acceptors (Lipinski definition) is 4. The fourth-order valence-corrected chi connectivity index (χ4v) is 3.94. The third-order valence-corrected chi connectivity index (χ3v) is 5.41. The van der Waals surface area contributed by atoms with Gasteiger partial charge in [-0.25, -0.2) is 0 Å². The summed E-state index contributed by atoms with van der Waals surface area (Å²) in [6, 6.07) is 1.92. The van der Waals surface area contributed by atoms with Crippen LogP contribution in [-0.4, -0.2) is 34.1 Å². The fraction of sp³-hybridized carbons (Fsp3) is 0.571. The van der Waals surface area contributed by atoms with Gasteiger partial charge >= 0.3 is 0 Å². The highest BCUT2D eigenvalue weighted by molar-refractivity contribution is 7.71. The zero-order valence-corrected chi connectivity index (χ0v) is 13.2. The summed E-state index contributed by atoms with van der Waals surface area (Å²) in [4.78, 5) is 18.1. The maximum atomic E-state index is 12.5. The average Bonchev–Trinajstić information content (AvgIpc) is 2.92. The molecule has 1 fully saturated rings. The number of nitrogens with one attached hydrogen (secondary N) is 1. The molecule has 1 aliphatic rings. The SMILES string of the molecule is CCN1CCC(Cn2c(=S)[nH]c3ccsc3c2=O)CC1. The summed E-state index contributed by atoms with van der Waals surface area (Å²) in [7, 11) is 0. The standard InChI is InChI=1S/C14H19N3OS2/c1-2-16-6-3-10(4-7-16)9-17-13(18)12-11(5-8-20-12)15-14(17)19/h5,8,10H,2-4,6-7,9H2,1H3,(H,15,19). The Morgan fingerprint density at radius 1 is 1.45 bits per heavy atom. The first-order valence-corrected chi connectivity index (χ1v) is 8.40. The average molecular weight is 309 g/mol. The largest absolute Gasteiger partial charge is 0.331 e. The van der Waals surface area contributed by atoms with Crippen LogP contribution in [0.1, 0.15) is 19.8 Å². The Labute approximate surface area is 127 Å². The van der Waals surface area contributed by atoms with Crippen LogP contribution in [0, 0.1) is 10.7 Å². The summed E-state index contributed by atoms with van der Waals surface area (Å²) in [6.45, 7) is 6.33. The van der Waals surface area contributed by atoms with E-state index < -0.39 is 0 Å². The number of rotatable bonds is 3. The number of aromatic amines is 1. The van der Waals surface area contributed by atoms with Crippen LogP contribution >= 0.6 is 23.6 Å². The number of H-pyrrole nitrogens is 1. The molecule has 3 rings (SSSR count). The van der Waals surface area contributed by atoms with Gasteiger partial charge in [0.2, 0.25) is 0 Å². The Morgan fingerprint density at radius 3 is 2.90 bits per heavy atom. The summed E-state index contributed by atoms with van der Waals surface area (Å²) < 4.78 is 3.09. The number of nitrogens with zero attached hydrogens (tertiary/aromatic N) is 2. The van der Waals surface area contributed by atoms with Crippen LogP contribution in [0.15, 0.2) is 16.2 Å². The molecule has 1 aliphatic heterocycles. The third-order valence-electron chi connectivity index (χ3n) is 4.19. The number of hydrogen-bond donors (Lipinski definition) is 1. The van der Waals surface area contributed by atoms with Crippen LogP contribution < -0.4 is 5.56 Å². The number of aromatic nitrogens is 2. The smallest absolute Gasteiger partial charge is 0.272 e. The molecule has 3 heterocycles. The van der Waals surface area contributed by atoms with Crippen molar-refractivity contribution in [1.29, 1.82) is 0 Å². The van der Waals surface area contributed by atoms with Crippen LogP contribution in [0.4, 0.5) is 0 Å². The lowest BCUT2D eigenvalue weighted by Gasteiger charge is -2.31. The molecule has 0 spiro atoms. The van der Waals surface area contributed by atoms with E-state index in [9.17, 15) is 4.79 Å². The lowest BCUT2D eigenvalue weighted by atomic mass is 9.97. The minimum Gasteiger partial charge on any atom is -0.331 e. The van der Waals surface area contributed by atoms with E-state index in [-0.39, 0.29) is 5.56 Å². The highest BCUT2D eigenvalue weighted by Crippen LogP contribution is 2.19. The monoisotopic (exact) mass is 309 g/mol. The molecule has 1 saturated heterocycles. The summed E-state index contributed by atoms with van der Waals surface area (Å²) in [6.07, 6.45) is 2.30. The van der Waals surface area contributed by atoms with Crippen LogP contribution in [0.2, 0.25) is 0 Å². The van der Waals surface area contributed by atoms with Crippen molar-refractivity contribution in [3.63, 3.8) is 0 Å². The van der Waals surface area contributed by atoms with Gasteiger partial charge in [0.05, 0.1) is 5.52 Å². The second-order valence-electron chi connectivity index (χ2n) is 5.39. The molecule has 2 aromatic rings. The predicted octanol–water partition coefficient (Wildman–Crippen LogP) is 2.85. The first kappa shape index (κ1) is 14.0. The Balaban J connectivity index is 1.84. The van der Waals surface area contributed by atoms with Crippen molar-refractivity contribution in [2.75, 3.05) is 19.6 Å². The predicted molar refractivity (Wildman–Crippen MR) is 86.1 cm³/mol. The molecule has 1 N–H and O–H groups in total. The second kappa shape index (κ2) is 5.79. The van der Waals surface area contributed by atoms with Gasteiger partial charge in [-0.1, -0.05) is 6.92 Å². The molecule has 0 atom stereocenters. The first-order chi connectivity index (χ1) is 9.69. The molecule has 4 nitrogen and oxygen atoms in total. The zero-order valence-electron chi connectivity index (χ0n) is 11.6. The summed E-state index contributed by atoms with van der Waals surface area (Å²) >= 11 is 6.83. The van der Waals surface area contributed by atoms with Crippen molar-refractivity contribution in [2.24, 2.45) is 5.92 Å². The maximum Gasteiger partial charge on any atom is 0.272 e. The molecule has 0 unspecified atom stereocenters. The first-order valence-electron chi connectivity index (χ1n) is 7.11. The van der Waals surface area contributed by atoms with Gasteiger partial charge < -0.3 is 9.88 Å². The van der Waals surface area contributed by atoms with Gasteiger partial charge in [0.25, 0.3) is 5.56 Å². The van der Waals surface area contributed by atoms with Crippen molar-refractivity contribution < 1.29 is 0 Å². The highest BCUT2D eigenvalue weighted by atomic mass is 32.1. The molecule has 0 radical (unpaired) electrons. The number of likely N-dealkylation sites (tertiary alicyclic amines) is 1. The van der Waals surface area contributed by atoms with Gasteiger partial charge in [-0.15, -0.1) is 11.3 Å². The van der Waals surface area contributed by atoms with Gasteiger partial charge in [0.1, 0.15) is 4.70 Å². The van der Waals surface area contributed by atoms with E-state index in [0.717, 1.165) is 49.2 Å². The molecule has 0 saturated carbocycles. The zero-order chi connectivity index (χ0) is 14.1. The minimum absolute atomic E-state index is 0.0664.